The molecule has 2 aromatic heterocycles. The normalized spacial score (nSPS) is 21.7. The van der Waals surface area contributed by atoms with Crippen LogP contribution in [0.1, 0.15) is 46.5 Å². The monoisotopic (exact) mass is 914 g/mol. The van der Waals surface area contributed by atoms with Gasteiger partial charge < -0.3 is 25.0 Å². The maximum Gasteiger partial charge on any atom is 0.259 e. The molecule has 3 aliphatic rings. The number of fused-ring (bicyclic) bond motifs is 1. The van der Waals surface area contributed by atoms with Gasteiger partial charge in [0.2, 0.25) is 27.7 Å². The summed E-state index contributed by atoms with van der Waals surface area (Å²) in [4.78, 5) is 53.1. The molecule has 0 radical (unpaired) electrons. The second-order valence-electron chi connectivity index (χ2n) is 15.6. The Morgan fingerprint density at radius 3 is 2.41 bits per heavy atom. The molecule has 3 heterocycles. The summed E-state index contributed by atoms with van der Waals surface area (Å²) in [6.07, 6.45) is 3.17. The van der Waals surface area contributed by atoms with E-state index in [-0.39, 0.29) is 55.6 Å². The van der Waals surface area contributed by atoms with Crippen molar-refractivity contribution in [2.45, 2.75) is 75.4 Å². The molecule has 2 aromatic carbocycles. The highest BCUT2D eigenvalue weighted by Gasteiger charge is 2.62. The summed E-state index contributed by atoms with van der Waals surface area (Å²) in [6, 6.07) is 6.03. The van der Waals surface area contributed by atoms with Gasteiger partial charge in [0.25, 0.3) is 5.91 Å². The van der Waals surface area contributed by atoms with Crippen molar-refractivity contribution in [2.75, 3.05) is 19.0 Å². The number of hydrogen-bond donors (Lipinski definition) is 3. The number of carbonyl (C=O) groups excluding carboxylic acids is 3. The Bertz CT molecular complexity index is 2380. The fraction of sp³-hybridized carbons (Fsp3) is 0.410. The number of benzene rings is 2. The Balaban J connectivity index is 0.00000331. The van der Waals surface area contributed by atoms with E-state index in [2.05, 4.69) is 31.9 Å². The quantitative estimate of drug-likeness (QED) is 0.123. The van der Waals surface area contributed by atoms with Crippen LogP contribution in [0.3, 0.4) is 0 Å². The molecule has 3 fully saturated rings. The summed E-state index contributed by atoms with van der Waals surface area (Å²) in [5.41, 5.74) is -1.86. The molecule has 1 aliphatic heterocycles. The molecule has 3 N–H and O–H groups in total. The van der Waals surface area contributed by atoms with Crippen LogP contribution in [-0.2, 0) is 24.4 Å². The van der Waals surface area contributed by atoms with E-state index in [4.69, 9.17) is 21.1 Å². The minimum absolute atomic E-state index is 0. The highest BCUT2D eigenvalue weighted by Crippen LogP contribution is 2.46. The van der Waals surface area contributed by atoms with E-state index in [9.17, 15) is 31.6 Å². The van der Waals surface area contributed by atoms with Gasteiger partial charge in [-0.1, -0.05) is 38.4 Å². The fourth-order valence-electron chi connectivity index (χ4n) is 7.09. The molecule has 4 aromatic rings. The van der Waals surface area contributed by atoms with Crippen LogP contribution in [-0.4, -0.2) is 83.6 Å². The SMILES string of the molecule is C=C[C@@H]1C[C@]1(NC(=O)[C@@H]1C[C@@H](Oc2ncc(OC)c3ccc(Cl)cc23)CN1C(=O)[C@@H](Nc1nc(-c2cc(F)cc(F)c2)cs1)C(C)(C)C)C(=O)NS(=O)(=O)C1CC1.Cl.Cl. The van der Waals surface area contributed by atoms with Crippen LogP contribution in [0.2, 0.25) is 5.02 Å². The number of hydrogen-bond acceptors (Lipinski definition) is 11. The van der Waals surface area contributed by atoms with Crippen molar-refractivity contribution in [1.82, 2.24) is 24.9 Å². The molecule has 5 atom stereocenters. The first-order valence-electron chi connectivity index (χ1n) is 18.2. The number of nitrogens with zero attached hydrogens (tertiary/aromatic N) is 3. The summed E-state index contributed by atoms with van der Waals surface area (Å²) >= 11 is 7.49. The second-order valence-corrected chi connectivity index (χ2v) is 18.9. The standard InChI is InChI=1S/C39H41ClF2N6O7S2.2ClH/c1-6-21-16-39(21,36(51)47-57(52,53)26-8-9-26)46-33(49)30-15-25(55-34-28-13-22(40)7-10-27(28)31(54-5)17-43-34)18-48(30)35(50)32(38(2,3)4)45-37-44-29(19-56-37)20-11-23(41)14-24(42)12-20;;/h6-7,10-14,17,19,21,25-26,30,32H,1,8-9,15-16,18H2,2-5H3,(H,44,45)(H,46,49)(H,47,51);2*1H/t21-,25-,30+,32-,39-;;/m1../s1. The topological polar surface area (TPSA) is 169 Å². The first kappa shape index (κ1) is 45.8. The average Bonchev–Trinajstić information content (AvgIpc) is 4.03. The van der Waals surface area contributed by atoms with Gasteiger partial charge in [0.05, 0.1) is 30.8 Å². The largest absolute Gasteiger partial charge is 0.494 e. The predicted molar refractivity (Wildman–Crippen MR) is 226 cm³/mol. The van der Waals surface area contributed by atoms with Crippen LogP contribution < -0.4 is 24.8 Å². The number of likely N-dealkylation sites (tertiary alicyclic amines) is 1. The summed E-state index contributed by atoms with van der Waals surface area (Å²) in [6.45, 7) is 9.18. The average molecular weight is 916 g/mol. The molecule has 0 spiro atoms. The van der Waals surface area contributed by atoms with E-state index >= 15 is 0 Å². The van der Waals surface area contributed by atoms with Crippen LogP contribution >= 0.6 is 47.8 Å². The molecular weight excluding hydrogens is 873 g/mol. The van der Waals surface area contributed by atoms with Gasteiger partial charge in [0.1, 0.15) is 41.1 Å². The van der Waals surface area contributed by atoms with E-state index in [1.165, 1.54) is 24.3 Å². The molecule has 59 heavy (non-hydrogen) atoms. The molecule has 318 valence electrons. The molecular formula is C39H43Cl3F2N6O7S2. The number of rotatable bonds is 13. The third kappa shape index (κ3) is 9.54. The number of carbonyl (C=O) groups is 3. The smallest absolute Gasteiger partial charge is 0.259 e. The van der Waals surface area contributed by atoms with Gasteiger partial charge >= 0.3 is 0 Å². The predicted octanol–water partition coefficient (Wildman–Crippen LogP) is 6.69. The molecule has 3 amide bonds. The van der Waals surface area contributed by atoms with Gasteiger partial charge in [-0.25, -0.2) is 27.2 Å². The molecule has 1 saturated heterocycles. The fourth-order valence-corrected chi connectivity index (χ4v) is 9.37. The van der Waals surface area contributed by atoms with Crippen LogP contribution in [0.15, 0.2) is 60.6 Å². The van der Waals surface area contributed by atoms with Gasteiger partial charge in [-0.3, -0.25) is 19.1 Å². The molecule has 0 bridgehead atoms. The van der Waals surface area contributed by atoms with E-state index in [1.807, 2.05) is 20.8 Å². The number of halogens is 5. The molecule has 2 aliphatic carbocycles. The zero-order chi connectivity index (χ0) is 41.0. The van der Waals surface area contributed by atoms with Crippen LogP contribution in [0, 0.1) is 23.0 Å². The summed E-state index contributed by atoms with van der Waals surface area (Å²) < 4.78 is 67.6. The van der Waals surface area contributed by atoms with Crippen molar-refractivity contribution >= 4 is 91.4 Å². The Morgan fingerprint density at radius 2 is 1.80 bits per heavy atom. The van der Waals surface area contributed by atoms with Crippen LogP contribution in [0.5, 0.6) is 11.6 Å². The lowest BCUT2D eigenvalue weighted by atomic mass is 9.85. The van der Waals surface area contributed by atoms with Crippen molar-refractivity contribution in [3.8, 4) is 22.9 Å². The number of sulfonamides is 1. The number of thiazole rings is 1. The van der Waals surface area contributed by atoms with Gasteiger partial charge in [-0.05, 0) is 55.0 Å². The van der Waals surface area contributed by atoms with Gasteiger partial charge in [-0.15, -0.1) is 42.7 Å². The van der Waals surface area contributed by atoms with E-state index in [0.717, 1.165) is 29.5 Å². The number of pyridine rings is 1. The molecule has 20 heteroatoms. The van der Waals surface area contributed by atoms with Crippen LogP contribution in [0.25, 0.3) is 22.0 Å². The highest BCUT2D eigenvalue weighted by atomic mass is 35.5. The summed E-state index contributed by atoms with van der Waals surface area (Å²) in [7, 11) is -2.42. The van der Waals surface area contributed by atoms with Gasteiger partial charge in [-0.2, -0.15) is 0 Å². The molecule has 2 saturated carbocycles. The number of anilines is 1. The van der Waals surface area contributed by atoms with E-state index in [0.29, 0.717) is 45.2 Å². The third-order valence-corrected chi connectivity index (χ3v) is 13.2. The van der Waals surface area contributed by atoms with Crippen molar-refractivity contribution in [1.29, 1.82) is 0 Å². The van der Waals surface area contributed by atoms with Crippen molar-refractivity contribution in [2.24, 2.45) is 11.3 Å². The van der Waals surface area contributed by atoms with E-state index < -0.39 is 79.7 Å². The lowest BCUT2D eigenvalue weighted by Gasteiger charge is -2.35. The maximum atomic E-state index is 14.8. The first-order valence-corrected chi connectivity index (χ1v) is 21.0. The van der Waals surface area contributed by atoms with Crippen LogP contribution in [0.4, 0.5) is 13.9 Å². The molecule has 7 rings (SSSR count). The maximum absolute atomic E-state index is 14.8. The number of aromatic nitrogens is 2. The lowest BCUT2D eigenvalue weighted by molar-refractivity contribution is -0.141. The van der Waals surface area contributed by atoms with Gasteiger partial charge in [0, 0.05) is 45.1 Å². The number of amides is 3. The molecule has 13 nitrogen and oxygen atoms in total. The first-order chi connectivity index (χ1) is 26.9. The summed E-state index contributed by atoms with van der Waals surface area (Å²) in [5.74, 6) is -3.46. The summed E-state index contributed by atoms with van der Waals surface area (Å²) in [5, 5.41) is 8.85. The number of methoxy groups -OCH3 is 1. The van der Waals surface area contributed by atoms with Crippen molar-refractivity contribution in [3.05, 3.63) is 77.3 Å². The molecule has 0 unspecified atom stereocenters. The van der Waals surface area contributed by atoms with Crippen molar-refractivity contribution in [3.63, 3.8) is 0 Å². The number of nitrogens with one attached hydrogen (secondary N) is 3. The Kier molecular flexibility index (Phi) is 13.5. The minimum atomic E-state index is -3.93. The number of ether oxygens (including phenoxy) is 2. The van der Waals surface area contributed by atoms with E-state index in [1.54, 1.807) is 23.6 Å². The lowest BCUT2D eigenvalue weighted by Crippen LogP contribution is -2.58. The second kappa shape index (κ2) is 17.4. The zero-order valence-electron chi connectivity index (χ0n) is 32.3. The third-order valence-electron chi connectivity index (χ3n) is 10.4. The minimum Gasteiger partial charge on any atom is -0.494 e. The Labute approximate surface area is 361 Å². The highest BCUT2D eigenvalue weighted by molar-refractivity contribution is 7.91. The Morgan fingerprint density at radius 1 is 1.10 bits per heavy atom. The van der Waals surface area contributed by atoms with Gasteiger partial charge in [0.15, 0.2) is 5.13 Å². The zero-order valence-corrected chi connectivity index (χ0v) is 36.3. The van der Waals surface area contributed by atoms with Crippen molar-refractivity contribution < 1.29 is 41.1 Å². The Hall–Kier alpha value is -4.29.